The lowest BCUT2D eigenvalue weighted by Crippen LogP contribution is -2.42. The van der Waals surface area contributed by atoms with Gasteiger partial charge in [-0.05, 0) is 62.3 Å². The molecule has 1 N–H and O–H groups in total. The van der Waals surface area contributed by atoms with Crippen LogP contribution in [0, 0.1) is 11.8 Å². The van der Waals surface area contributed by atoms with Gasteiger partial charge in [0.2, 0.25) is 15.9 Å². The van der Waals surface area contributed by atoms with Gasteiger partial charge in [0.15, 0.2) is 0 Å². The summed E-state index contributed by atoms with van der Waals surface area (Å²) < 4.78 is 27.7. The van der Waals surface area contributed by atoms with Gasteiger partial charge in [-0.25, -0.2) is 13.8 Å². The fourth-order valence-electron chi connectivity index (χ4n) is 3.36. The first-order valence-corrected chi connectivity index (χ1v) is 11.4. The summed E-state index contributed by atoms with van der Waals surface area (Å²) in [5.74, 6) is 0.0521. The summed E-state index contributed by atoms with van der Waals surface area (Å²) in [6.45, 7) is 0.682. The van der Waals surface area contributed by atoms with Crippen LogP contribution in [0.4, 0.5) is 0 Å². The number of nitrogens with one attached hydrogen (secondary N) is 1. The molecule has 0 saturated carbocycles. The van der Waals surface area contributed by atoms with E-state index in [1.54, 1.807) is 24.3 Å². The van der Waals surface area contributed by atoms with Crippen molar-refractivity contribution in [2.24, 2.45) is 16.9 Å². The maximum Gasteiger partial charge on any atom is 0.243 e. The number of nitrogens with zero attached hydrogens (tertiary/aromatic N) is 2. The van der Waals surface area contributed by atoms with E-state index >= 15 is 0 Å². The highest BCUT2D eigenvalue weighted by Gasteiger charge is 2.32. The lowest BCUT2D eigenvalue weighted by molar-refractivity contribution is -0.126. The van der Waals surface area contributed by atoms with Crippen LogP contribution in [0.5, 0.6) is 0 Å². The van der Waals surface area contributed by atoms with E-state index in [0.29, 0.717) is 31.8 Å². The fraction of sp³-hybridized carbons (Fsp3) is 0.474. The predicted octanol–water partition coefficient (Wildman–Crippen LogP) is 3.31. The first-order valence-electron chi connectivity index (χ1n) is 9.20. The summed E-state index contributed by atoms with van der Waals surface area (Å²) in [5.41, 5.74) is 2.62. The Hall–Kier alpha value is -1.51. The molecule has 1 unspecified atom stereocenters. The highest BCUT2D eigenvalue weighted by molar-refractivity contribution is 9.10. The van der Waals surface area contributed by atoms with Crippen LogP contribution in [-0.2, 0) is 14.8 Å². The molecule has 3 rings (SSSR count). The topological polar surface area (TPSA) is 78.8 Å². The van der Waals surface area contributed by atoms with Gasteiger partial charge < -0.3 is 0 Å². The summed E-state index contributed by atoms with van der Waals surface area (Å²) in [6.07, 6.45) is 10.2. The van der Waals surface area contributed by atoms with Crippen LogP contribution in [0.2, 0.25) is 0 Å². The first kappa shape index (κ1) is 20.2. The molecule has 1 aromatic rings. The summed E-state index contributed by atoms with van der Waals surface area (Å²) in [5, 5.41) is 4.10. The zero-order valence-corrected chi connectivity index (χ0v) is 17.5. The summed E-state index contributed by atoms with van der Waals surface area (Å²) in [6, 6.07) is 6.61. The lowest BCUT2D eigenvalue weighted by Gasteiger charge is -2.30. The standard InChI is InChI=1S/C19H24BrN3O3S/c20-17-6-8-18(9-7-17)27(25,26)23-12-10-16(11-13-23)19(24)22-21-14-15-4-2-1-3-5-15/h1-2,6-9,14-16H,3-5,10-13H2,(H,22,24). The van der Waals surface area contributed by atoms with E-state index in [0.717, 1.165) is 23.7 Å². The second-order valence-electron chi connectivity index (χ2n) is 6.93. The number of hydrazone groups is 1. The lowest BCUT2D eigenvalue weighted by atomic mass is 9.96. The molecular formula is C19H24BrN3O3S. The molecule has 8 heteroatoms. The average molecular weight is 454 g/mol. The van der Waals surface area contributed by atoms with Gasteiger partial charge in [-0.15, -0.1) is 0 Å². The number of allylic oxidation sites excluding steroid dienone is 2. The average Bonchev–Trinajstić information content (AvgIpc) is 2.69. The maximum atomic E-state index is 12.7. The largest absolute Gasteiger partial charge is 0.273 e. The quantitative estimate of drug-likeness (QED) is 0.421. The summed E-state index contributed by atoms with van der Waals surface area (Å²) in [7, 11) is -3.51. The molecular weight excluding hydrogens is 430 g/mol. The van der Waals surface area contributed by atoms with Gasteiger partial charge in [0, 0.05) is 29.7 Å². The van der Waals surface area contributed by atoms with Crippen molar-refractivity contribution in [2.45, 2.75) is 37.0 Å². The van der Waals surface area contributed by atoms with E-state index in [-0.39, 0.29) is 16.7 Å². The van der Waals surface area contributed by atoms with Gasteiger partial charge in [-0.2, -0.15) is 9.41 Å². The SMILES string of the molecule is O=C(NN=CC1CC=CCC1)C1CCN(S(=O)(=O)c2ccc(Br)cc2)CC1. The van der Waals surface area contributed by atoms with Crippen LogP contribution in [0.15, 0.2) is 50.9 Å². The maximum absolute atomic E-state index is 12.7. The van der Waals surface area contributed by atoms with Crippen molar-refractivity contribution in [2.75, 3.05) is 13.1 Å². The van der Waals surface area contributed by atoms with Gasteiger partial charge in [-0.3, -0.25) is 4.79 Å². The summed E-state index contributed by atoms with van der Waals surface area (Å²) >= 11 is 3.31. The summed E-state index contributed by atoms with van der Waals surface area (Å²) in [4.78, 5) is 12.6. The molecule has 1 saturated heterocycles. The number of carbonyl (C=O) groups is 1. The van der Waals surface area contributed by atoms with Crippen LogP contribution in [0.25, 0.3) is 0 Å². The molecule has 1 aromatic carbocycles. The van der Waals surface area contributed by atoms with Crippen molar-refractivity contribution in [3.05, 3.63) is 40.9 Å². The van der Waals surface area contributed by atoms with Crippen molar-refractivity contribution in [1.29, 1.82) is 0 Å². The van der Waals surface area contributed by atoms with E-state index in [4.69, 9.17) is 0 Å². The number of hydrogen-bond donors (Lipinski definition) is 1. The Morgan fingerprint density at radius 3 is 2.48 bits per heavy atom. The number of sulfonamides is 1. The number of carbonyl (C=O) groups excluding carboxylic acids is 1. The van der Waals surface area contributed by atoms with Crippen LogP contribution >= 0.6 is 15.9 Å². The van der Waals surface area contributed by atoms with Gasteiger partial charge in [0.25, 0.3) is 0 Å². The van der Waals surface area contributed by atoms with E-state index in [2.05, 4.69) is 38.6 Å². The number of piperidine rings is 1. The van der Waals surface area contributed by atoms with Crippen molar-refractivity contribution in [1.82, 2.24) is 9.73 Å². The minimum absolute atomic E-state index is 0.127. The predicted molar refractivity (Wildman–Crippen MR) is 109 cm³/mol. The van der Waals surface area contributed by atoms with Gasteiger partial charge in [-0.1, -0.05) is 28.1 Å². The van der Waals surface area contributed by atoms with Gasteiger partial charge >= 0.3 is 0 Å². The zero-order valence-electron chi connectivity index (χ0n) is 15.1. The molecule has 2 aliphatic rings. The number of rotatable bonds is 5. The Labute approximate surface area is 168 Å². The highest BCUT2D eigenvalue weighted by Crippen LogP contribution is 2.25. The van der Waals surface area contributed by atoms with Crippen LogP contribution < -0.4 is 5.43 Å². The molecule has 146 valence electrons. The second kappa shape index (κ2) is 9.12. The third kappa shape index (κ3) is 5.27. The molecule has 1 fully saturated rings. The van der Waals surface area contributed by atoms with Crippen LogP contribution in [-0.4, -0.2) is 37.9 Å². The molecule has 0 radical (unpaired) electrons. The fourth-order valence-corrected chi connectivity index (χ4v) is 5.10. The van der Waals surface area contributed by atoms with Gasteiger partial charge in [0.05, 0.1) is 4.90 Å². The van der Waals surface area contributed by atoms with Crippen molar-refractivity contribution < 1.29 is 13.2 Å². The number of benzene rings is 1. The van der Waals surface area contributed by atoms with E-state index in [9.17, 15) is 13.2 Å². The molecule has 0 aromatic heterocycles. The van der Waals surface area contributed by atoms with Crippen molar-refractivity contribution >= 4 is 38.1 Å². The zero-order chi connectivity index (χ0) is 19.3. The Balaban J connectivity index is 1.50. The monoisotopic (exact) mass is 453 g/mol. The molecule has 1 aliphatic carbocycles. The first-order chi connectivity index (χ1) is 13.0. The van der Waals surface area contributed by atoms with E-state index in [1.807, 2.05) is 6.21 Å². The molecule has 1 aliphatic heterocycles. The smallest absolute Gasteiger partial charge is 0.243 e. The van der Waals surface area contributed by atoms with Gasteiger partial charge in [0.1, 0.15) is 0 Å². The third-order valence-electron chi connectivity index (χ3n) is 5.05. The number of amides is 1. The number of hydrogen-bond acceptors (Lipinski definition) is 4. The van der Waals surface area contributed by atoms with Crippen molar-refractivity contribution in [3.63, 3.8) is 0 Å². The van der Waals surface area contributed by atoms with Crippen LogP contribution in [0.1, 0.15) is 32.1 Å². The molecule has 1 heterocycles. The van der Waals surface area contributed by atoms with E-state index < -0.39 is 10.0 Å². The Bertz CT molecular complexity index is 813. The normalized spacial score (nSPS) is 22.2. The minimum Gasteiger partial charge on any atom is -0.273 e. The minimum atomic E-state index is -3.51. The molecule has 6 nitrogen and oxygen atoms in total. The second-order valence-corrected chi connectivity index (χ2v) is 9.78. The molecule has 1 amide bonds. The molecule has 0 bridgehead atoms. The van der Waals surface area contributed by atoms with Crippen LogP contribution in [0.3, 0.4) is 0 Å². The van der Waals surface area contributed by atoms with E-state index in [1.165, 1.54) is 4.31 Å². The Kier molecular flexibility index (Phi) is 6.83. The Morgan fingerprint density at radius 1 is 1.15 bits per heavy atom. The molecule has 0 spiro atoms. The number of halogens is 1. The molecule has 1 atom stereocenters. The van der Waals surface area contributed by atoms with Crippen molar-refractivity contribution in [3.8, 4) is 0 Å². The molecule has 27 heavy (non-hydrogen) atoms. The Morgan fingerprint density at radius 2 is 1.85 bits per heavy atom. The highest BCUT2D eigenvalue weighted by atomic mass is 79.9. The third-order valence-corrected chi connectivity index (χ3v) is 7.49.